The van der Waals surface area contributed by atoms with Gasteiger partial charge >= 0.3 is 0 Å². The van der Waals surface area contributed by atoms with Gasteiger partial charge in [0.05, 0.1) is 6.04 Å². The molecular weight excluding hydrogens is 300 g/mol. The summed E-state index contributed by atoms with van der Waals surface area (Å²) in [5.74, 6) is 0.639. The van der Waals surface area contributed by atoms with E-state index in [0.29, 0.717) is 17.7 Å². The number of nitrogens with zero attached hydrogens (tertiary/aromatic N) is 3. The molecular formula is C16H27ClN4O. The molecule has 2 fully saturated rings. The van der Waals surface area contributed by atoms with Gasteiger partial charge in [-0.3, -0.25) is 9.48 Å². The van der Waals surface area contributed by atoms with Crippen molar-refractivity contribution in [2.75, 3.05) is 19.6 Å². The maximum absolute atomic E-state index is 12.7. The van der Waals surface area contributed by atoms with Crippen LogP contribution in [0, 0.1) is 5.92 Å². The predicted molar refractivity (Wildman–Crippen MR) is 89.5 cm³/mol. The van der Waals surface area contributed by atoms with Gasteiger partial charge in [0.1, 0.15) is 5.69 Å². The third-order valence-electron chi connectivity index (χ3n) is 4.79. The molecule has 0 radical (unpaired) electrons. The van der Waals surface area contributed by atoms with Gasteiger partial charge in [0.15, 0.2) is 0 Å². The lowest BCUT2D eigenvalue weighted by Gasteiger charge is -2.31. The van der Waals surface area contributed by atoms with E-state index >= 15 is 0 Å². The summed E-state index contributed by atoms with van der Waals surface area (Å²) in [5, 5.41) is 7.94. The van der Waals surface area contributed by atoms with E-state index in [4.69, 9.17) is 0 Å². The number of piperidine rings is 1. The van der Waals surface area contributed by atoms with E-state index in [1.807, 2.05) is 21.8 Å². The Morgan fingerprint density at radius 3 is 2.82 bits per heavy atom. The van der Waals surface area contributed by atoms with Gasteiger partial charge in [0.25, 0.3) is 5.91 Å². The number of amides is 1. The highest BCUT2D eigenvalue weighted by atomic mass is 35.5. The fourth-order valence-electron chi connectivity index (χ4n) is 3.80. The Morgan fingerprint density at radius 2 is 2.23 bits per heavy atom. The van der Waals surface area contributed by atoms with Gasteiger partial charge in [-0.25, -0.2) is 0 Å². The van der Waals surface area contributed by atoms with E-state index in [0.717, 1.165) is 32.5 Å². The third kappa shape index (κ3) is 3.30. The van der Waals surface area contributed by atoms with Crippen molar-refractivity contribution in [3.63, 3.8) is 0 Å². The second kappa shape index (κ2) is 6.59. The summed E-state index contributed by atoms with van der Waals surface area (Å²) in [6, 6.07) is 2.25. The first-order valence-electron chi connectivity index (χ1n) is 8.05. The first kappa shape index (κ1) is 17.3. The molecule has 1 aromatic heterocycles. The smallest absolute Gasteiger partial charge is 0.274 e. The molecule has 1 N–H and O–H groups in total. The Labute approximate surface area is 138 Å². The minimum absolute atomic E-state index is 0. The molecule has 3 rings (SSSR count). The zero-order valence-corrected chi connectivity index (χ0v) is 14.5. The number of hydrogen-bond acceptors (Lipinski definition) is 3. The fraction of sp³-hybridized carbons (Fsp3) is 0.750. The average molecular weight is 327 g/mol. The number of aromatic nitrogens is 2. The van der Waals surface area contributed by atoms with Crippen LogP contribution in [0.4, 0.5) is 0 Å². The summed E-state index contributed by atoms with van der Waals surface area (Å²) in [5.41, 5.74) is 0.523. The van der Waals surface area contributed by atoms with Crippen LogP contribution in [0.25, 0.3) is 0 Å². The average Bonchev–Trinajstić information content (AvgIpc) is 3.03. The molecule has 1 amide bonds. The molecule has 0 spiro atoms. The van der Waals surface area contributed by atoms with Crippen LogP contribution in [0.1, 0.15) is 56.6 Å². The third-order valence-corrected chi connectivity index (χ3v) is 4.79. The minimum atomic E-state index is -0.0628. The summed E-state index contributed by atoms with van der Waals surface area (Å²) in [6.07, 6.45) is 5.32. The molecule has 22 heavy (non-hydrogen) atoms. The highest BCUT2D eigenvalue weighted by Gasteiger charge is 2.40. The Kier molecular flexibility index (Phi) is 5.17. The van der Waals surface area contributed by atoms with Crippen LogP contribution in [0.3, 0.4) is 0 Å². The summed E-state index contributed by atoms with van der Waals surface area (Å²) < 4.78 is 1.96. The number of nitrogens with one attached hydrogen (secondary N) is 1. The molecule has 0 aliphatic carbocycles. The molecule has 0 saturated carbocycles. The Balaban J connectivity index is 0.00000176. The molecule has 3 heterocycles. The molecule has 2 aliphatic rings. The Morgan fingerprint density at radius 1 is 1.45 bits per heavy atom. The molecule has 0 bridgehead atoms. The lowest BCUT2D eigenvalue weighted by Crippen LogP contribution is -2.43. The number of rotatable bonds is 2. The topological polar surface area (TPSA) is 50.2 Å². The van der Waals surface area contributed by atoms with Crippen molar-refractivity contribution in [2.45, 2.75) is 51.6 Å². The molecule has 2 aliphatic heterocycles. The van der Waals surface area contributed by atoms with Crippen molar-refractivity contribution < 1.29 is 4.79 Å². The van der Waals surface area contributed by atoms with E-state index in [9.17, 15) is 4.79 Å². The van der Waals surface area contributed by atoms with Crippen LogP contribution in [0.5, 0.6) is 0 Å². The van der Waals surface area contributed by atoms with Crippen LogP contribution in [-0.4, -0.2) is 45.8 Å². The SMILES string of the molecule is CC1CN(C(=O)c2ccn(C3CCCNC3)n2)C(C)(C)C1.Cl. The van der Waals surface area contributed by atoms with Crippen LogP contribution in [-0.2, 0) is 0 Å². The van der Waals surface area contributed by atoms with Crippen LogP contribution >= 0.6 is 12.4 Å². The molecule has 2 atom stereocenters. The van der Waals surface area contributed by atoms with Crippen LogP contribution < -0.4 is 5.32 Å². The van der Waals surface area contributed by atoms with Gasteiger partial charge < -0.3 is 10.2 Å². The molecule has 1 aromatic rings. The van der Waals surface area contributed by atoms with Crippen molar-refractivity contribution in [3.8, 4) is 0 Å². The normalized spacial score (nSPS) is 27.5. The molecule has 124 valence electrons. The van der Waals surface area contributed by atoms with E-state index in [-0.39, 0.29) is 23.9 Å². The quantitative estimate of drug-likeness (QED) is 0.908. The van der Waals surface area contributed by atoms with E-state index in [1.165, 1.54) is 6.42 Å². The first-order valence-corrected chi connectivity index (χ1v) is 8.05. The van der Waals surface area contributed by atoms with Crippen molar-refractivity contribution in [3.05, 3.63) is 18.0 Å². The number of hydrogen-bond donors (Lipinski definition) is 1. The lowest BCUT2D eigenvalue weighted by atomic mass is 9.97. The second-order valence-electron chi connectivity index (χ2n) is 7.22. The first-order chi connectivity index (χ1) is 9.97. The lowest BCUT2D eigenvalue weighted by molar-refractivity contribution is 0.0642. The predicted octanol–water partition coefficient (Wildman–Crippen LogP) is 2.49. The van der Waals surface area contributed by atoms with Gasteiger partial charge in [0, 0.05) is 24.8 Å². The summed E-state index contributed by atoms with van der Waals surface area (Å²) >= 11 is 0. The number of likely N-dealkylation sites (tertiary alicyclic amines) is 1. The molecule has 5 nitrogen and oxygen atoms in total. The summed E-state index contributed by atoms with van der Waals surface area (Å²) in [6.45, 7) is 9.38. The number of halogens is 1. The van der Waals surface area contributed by atoms with Crippen LogP contribution in [0.2, 0.25) is 0 Å². The van der Waals surface area contributed by atoms with Crippen molar-refractivity contribution in [1.29, 1.82) is 0 Å². The Bertz CT molecular complexity index is 522. The van der Waals surface area contributed by atoms with Gasteiger partial charge in [0.2, 0.25) is 0 Å². The monoisotopic (exact) mass is 326 g/mol. The maximum Gasteiger partial charge on any atom is 0.274 e. The largest absolute Gasteiger partial charge is 0.332 e. The molecule has 2 saturated heterocycles. The van der Waals surface area contributed by atoms with Gasteiger partial charge in [-0.2, -0.15) is 5.10 Å². The zero-order chi connectivity index (χ0) is 15.0. The van der Waals surface area contributed by atoms with E-state index < -0.39 is 0 Å². The van der Waals surface area contributed by atoms with Crippen LogP contribution in [0.15, 0.2) is 12.3 Å². The summed E-state index contributed by atoms with van der Waals surface area (Å²) in [7, 11) is 0. The molecule has 0 aromatic carbocycles. The molecule has 2 unspecified atom stereocenters. The minimum Gasteiger partial charge on any atom is -0.332 e. The van der Waals surface area contributed by atoms with Gasteiger partial charge in [-0.15, -0.1) is 12.4 Å². The number of carbonyl (C=O) groups excluding carboxylic acids is 1. The summed E-state index contributed by atoms with van der Waals surface area (Å²) in [4.78, 5) is 14.7. The van der Waals surface area contributed by atoms with Gasteiger partial charge in [-0.05, 0) is 51.6 Å². The molecule has 6 heteroatoms. The highest BCUT2D eigenvalue weighted by Crippen LogP contribution is 2.33. The van der Waals surface area contributed by atoms with Crippen molar-refractivity contribution in [2.24, 2.45) is 5.92 Å². The fourth-order valence-corrected chi connectivity index (χ4v) is 3.80. The highest BCUT2D eigenvalue weighted by molar-refractivity contribution is 5.93. The Hall–Kier alpha value is -1.07. The van der Waals surface area contributed by atoms with Crippen molar-refractivity contribution >= 4 is 18.3 Å². The number of carbonyl (C=O) groups is 1. The second-order valence-corrected chi connectivity index (χ2v) is 7.22. The standard InChI is InChI=1S/C16H26N4O.ClH/c1-12-9-16(2,3)19(11-12)15(21)14-6-8-20(18-14)13-5-4-7-17-10-13;/h6,8,12-13,17H,4-5,7,9-11H2,1-3H3;1H. The zero-order valence-electron chi connectivity index (χ0n) is 13.7. The van der Waals surface area contributed by atoms with Crippen molar-refractivity contribution in [1.82, 2.24) is 20.0 Å². The van der Waals surface area contributed by atoms with E-state index in [1.54, 1.807) is 0 Å². The maximum atomic E-state index is 12.7. The van der Waals surface area contributed by atoms with E-state index in [2.05, 4.69) is 31.2 Å². The van der Waals surface area contributed by atoms with Gasteiger partial charge in [-0.1, -0.05) is 6.92 Å².